The summed E-state index contributed by atoms with van der Waals surface area (Å²) in [6.07, 6.45) is 4.67. The highest BCUT2D eigenvalue weighted by Gasteiger charge is 1.90. The molecule has 0 fully saturated rings. The Kier molecular flexibility index (Phi) is 30.7. The molecular formula is C17H42N4O4. The van der Waals surface area contributed by atoms with Crippen LogP contribution in [0.1, 0.15) is 32.1 Å². The fraction of sp³-hybridized carbons (Fsp3) is 1.00. The summed E-state index contributed by atoms with van der Waals surface area (Å²) in [7, 11) is 0. The molecule has 0 aromatic rings. The molecule has 0 heterocycles. The molecule has 0 aromatic carbocycles. The molecule has 8 N–H and O–H groups in total. The first-order valence-corrected chi connectivity index (χ1v) is 9.44. The lowest BCUT2D eigenvalue weighted by molar-refractivity contribution is 0.0471. The number of ether oxygens (including phenoxy) is 4. The van der Waals surface area contributed by atoms with Crippen molar-refractivity contribution in [2.24, 2.45) is 22.9 Å². The van der Waals surface area contributed by atoms with E-state index >= 15 is 0 Å². The van der Waals surface area contributed by atoms with Gasteiger partial charge in [0.1, 0.15) is 0 Å². The molecule has 0 spiro atoms. The normalized spacial score (nSPS) is 10.6. The van der Waals surface area contributed by atoms with Gasteiger partial charge in [-0.2, -0.15) is 0 Å². The molecule has 8 nitrogen and oxygen atoms in total. The van der Waals surface area contributed by atoms with E-state index in [-0.39, 0.29) is 0 Å². The van der Waals surface area contributed by atoms with Gasteiger partial charge in [0.2, 0.25) is 0 Å². The molecule has 0 aliphatic rings. The summed E-state index contributed by atoms with van der Waals surface area (Å²) in [6, 6.07) is 0. The molecule has 25 heavy (non-hydrogen) atoms. The molecule has 0 aliphatic carbocycles. The van der Waals surface area contributed by atoms with Gasteiger partial charge in [0.25, 0.3) is 0 Å². The number of nitrogens with two attached hydrogens (primary N) is 4. The van der Waals surface area contributed by atoms with Gasteiger partial charge in [-0.1, -0.05) is 0 Å². The van der Waals surface area contributed by atoms with Crippen LogP contribution in [0, 0.1) is 0 Å². The zero-order valence-corrected chi connectivity index (χ0v) is 16.0. The minimum atomic E-state index is 0.657. The maximum atomic E-state index is 5.31. The minimum absolute atomic E-state index is 0.657. The summed E-state index contributed by atoms with van der Waals surface area (Å²) >= 11 is 0. The van der Waals surface area contributed by atoms with E-state index in [1.165, 1.54) is 0 Å². The van der Waals surface area contributed by atoms with Crippen molar-refractivity contribution >= 4 is 0 Å². The van der Waals surface area contributed by atoms with Crippen molar-refractivity contribution in [2.45, 2.75) is 32.1 Å². The molecule has 0 saturated carbocycles. The second kappa shape index (κ2) is 28.5. The summed E-state index contributed by atoms with van der Waals surface area (Å²) in [6.45, 7) is 8.62. The zero-order valence-electron chi connectivity index (χ0n) is 16.0. The quantitative estimate of drug-likeness (QED) is 0.231. The second-order valence-electron chi connectivity index (χ2n) is 5.37. The van der Waals surface area contributed by atoms with Gasteiger partial charge in [-0.25, -0.2) is 0 Å². The molecule has 8 heteroatoms. The van der Waals surface area contributed by atoms with Crippen LogP contribution in [-0.4, -0.2) is 79.0 Å². The number of hydrogen-bond acceptors (Lipinski definition) is 8. The predicted molar refractivity (Wildman–Crippen MR) is 103 cm³/mol. The highest BCUT2D eigenvalue weighted by molar-refractivity contribution is 4.40. The van der Waals surface area contributed by atoms with Crippen LogP contribution in [0.15, 0.2) is 0 Å². The molecule has 0 rings (SSSR count). The maximum absolute atomic E-state index is 5.31. The third-order valence-electron chi connectivity index (χ3n) is 2.92. The highest BCUT2D eigenvalue weighted by atomic mass is 16.5. The molecule has 154 valence electrons. The molecular weight excluding hydrogens is 324 g/mol. The molecule has 0 bridgehead atoms. The smallest absolute Gasteiger partial charge is 0.0700 e. The van der Waals surface area contributed by atoms with E-state index in [1.807, 2.05) is 0 Å². The van der Waals surface area contributed by atoms with Gasteiger partial charge in [0.15, 0.2) is 0 Å². The molecule has 0 unspecified atom stereocenters. The van der Waals surface area contributed by atoms with Crippen molar-refractivity contribution in [2.75, 3.05) is 79.0 Å². The summed E-state index contributed by atoms with van der Waals surface area (Å²) in [4.78, 5) is 0. The van der Waals surface area contributed by atoms with E-state index < -0.39 is 0 Å². The molecule has 0 amide bonds. The third kappa shape index (κ3) is 31.9. The van der Waals surface area contributed by atoms with Gasteiger partial charge < -0.3 is 41.9 Å². The van der Waals surface area contributed by atoms with Gasteiger partial charge in [-0.3, -0.25) is 0 Å². The van der Waals surface area contributed by atoms with Crippen LogP contribution in [0.3, 0.4) is 0 Å². The van der Waals surface area contributed by atoms with Crippen LogP contribution < -0.4 is 22.9 Å². The van der Waals surface area contributed by atoms with Gasteiger partial charge in [-0.05, 0) is 58.3 Å². The maximum Gasteiger partial charge on any atom is 0.0700 e. The highest BCUT2D eigenvalue weighted by Crippen LogP contribution is 1.88. The van der Waals surface area contributed by atoms with E-state index in [1.54, 1.807) is 0 Å². The van der Waals surface area contributed by atoms with Crippen molar-refractivity contribution < 1.29 is 18.9 Å². The first kappa shape index (κ1) is 26.9. The van der Waals surface area contributed by atoms with Crippen LogP contribution in [0.4, 0.5) is 0 Å². The van der Waals surface area contributed by atoms with Gasteiger partial charge >= 0.3 is 0 Å². The van der Waals surface area contributed by atoms with Crippen molar-refractivity contribution in [3.05, 3.63) is 0 Å². The average Bonchev–Trinajstić information content (AvgIpc) is 2.63. The predicted octanol–water partition coefficient (Wildman–Crippen LogP) is -0.175. The second-order valence-corrected chi connectivity index (χ2v) is 5.37. The summed E-state index contributed by atoms with van der Waals surface area (Å²) in [5.41, 5.74) is 21.2. The van der Waals surface area contributed by atoms with Gasteiger partial charge in [0.05, 0.1) is 13.2 Å². The fourth-order valence-electron chi connectivity index (χ4n) is 1.53. The topological polar surface area (TPSA) is 141 Å². The van der Waals surface area contributed by atoms with Crippen LogP contribution in [-0.2, 0) is 18.9 Å². The van der Waals surface area contributed by atoms with E-state index in [0.717, 1.165) is 71.7 Å². The first-order chi connectivity index (χ1) is 12.3. The van der Waals surface area contributed by atoms with Gasteiger partial charge in [0, 0.05) is 39.6 Å². The van der Waals surface area contributed by atoms with Crippen molar-refractivity contribution in [1.82, 2.24) is 0 Å². The largest absolute Gasteiger partial charge is 0.381 e. The van der Waals surface area contributed by atoms with E-state index in [4.69, 9.17) is 41.9 Å². The Labute approximate surface area is 153 Å². The van der Waals surface area contributed by atoms with Crippen molar-refractivity contribution in [3.63, 3.8) is 0 Å². The van der Waals surface area contributed by atoms with Crippen LogP contribution in [0.2, 0.25) is 0 Å². The van der Waals surface area contributed by atoms with E-state index in [2.05, 4.69) is 0 Å². The van der Waals surface area contributed by atoms with E-state index in [9.17, 15) is 0 Å². The van der Waals surface area contributed by atoms with Crippen molar-refractivity contribution in [1.29, 1.82) is 0 Å². The summed E-state index contributed by atoms with van der Waals surface area (Å²) < 4.78 is 21.0. The molecule has 0 aliphatic heterocycles. The summed E-state index contributed by atoms with van der Waals surface area (Å²) in [5, 5.41) is 0. The SMILES string of the molecule is NCCCOCCCOCCCN.NCCCOCCOCCCN. The molecule has 0 radical (unpaired) electrons. The standard InChI is InChI=1S/C9H22N2O2.C8H20N2O2/c10-4-1-6-12-8-3-9-13-7-2-5-11;9-3-1-5-11-7-8-12-6-2-4-10/h1-11H2;1-10H2. The lowest BCUT2D eigenvalue weighted by Crippen LogP contribution is -2.10. The summed E-state index contributed by atoms with van der Waals surface area (Å²) in [5.74, 6) is 0. The van der Waals surface area contributed by atoms with Crippen LogP contribution >= 0.6 is 0 Å². The Bertz CT molecular complexity index is 195. The van der Waals surface area contributed by atoms with Crippen molar-refractivity contribution in [3.8, 4) is 0 Å². The molecule has 0 aromatic heterocycles. The Morgan fingerprint density at radius 2 is 0.560 bits per heavy atom. The monoisotopic (exact) mass is 366 g/mol. The van der Waals surface area contributed by atoms with E-state index in [0.29, 0.717) is 39.4 Å². The Morgan fingerprint density at radius 3 is 0.840 bits per heavy atom. The average molecular weight is 367 g/mol. The Hall–Kier alpha value is -0.320. The lowest BCUT2D eigenvalue weighted by atomic mass is 10.4. The Balaban J connectivity index is 0. The molecule has 0 saturated heterocycles. The fourth-order valence-corrected chi connectivity index (χ4v) is 1.53. The molecule has 0 atom stereocenters. The van der Waals surface area contributed by atoms with Crippen LogP contribution in [0.25, 0.3) is 0 Å². The number of rotatable bonds is 19. The minimum Gasteiger partial charge on any atom is -0.381 e. The third-order valence-corrected chi connectivity index (χ3v) is 2.92. The first-order valence-electron chi connectivity index (χ1n) is 9.44. The lowest BCUT2D eigenvalue weighted by Gasteiger charge is -2.04. The van der Waals surface area contributed by atoms with Gasteiger partial charge in [-0.15, -0.1) is 0 Å². The van der Waals surface area contributed by atoms with Crippen LogP contribution in [0.5, 0.6) is 0 Å². The number of hydrogen-bond donors (Lipinski definition) is 4. The Morgan fingerprint density at radius 1 is 0.320 bits per heavy atom. The zero-order chi connectivity index (χ0) is 18.8.